The first-order chi connectivity index (χ1) is 12.0. The van der Waals surface area contributed by atoms with Gasteiger partial charge in [-0.05, 0) is 63.1 Å². The molecule has 1 amide bonds. The second-order valence-corrected chi connectivity index (χ2v) is 8.65. The van der Waals surface area contributed by atoms with Gasteiger partial charge in [0.1, 0.15) is 0 Å². The van der Waals surface area contributed by atoms with E-state index in [9.17, 15) is 13.2 Å². The summed E-state index contributed by atoms with van der Waals surface area (Å²) in [6.45, 7) is 7.44. The van der Waals surface area contributed by atoms with Crippen molar-refractivity contribution in [2.24, 2.45) is 5.73 Å². The van der Waals surface area contributed by atoms with Crippen LogP contribution in [0.15, 0.2) is 47.4 Å². The highest BCUT2D eigenvalue weighted by Gasteiger charge is 2.22. The lowest BCUT2D eigenvalue weighted by atomic mass is 10.0. The van der Waals surface area contributed by atoms with Gasteiger partial charge >= 0.3 is 0 Å². The monoisotopic (exact) mass is 375 g/mol. The summed E-state index contributed by atoms with van der Waals surface area (Å²) in [6, 6.07) is 11.7. The van der Waals surface area contributed by atoms with E-state index in [1.165, 1.54) is 6.07 Å². The van der Waals surface area contributed by atoms with Crippen LogP contribution < -0.4 is 15.8 Å². The van der Waals surface area contributed by atoms with Gasteiger partial charge in [-0.25, -0.2) is 8.42 Å². The van der Waals surface area contributed by atoms with E-state index in [4.69, 9.17) is 5.73 Å². The van der Waals surface area contributed by atoms with Crippen molar-refractivity contribution in [3.63, 3.8) is 0 Å². The maximum atomic E-state index is 12.8. The van der Waals surface area contributed by atoms with Crippen LogP contribution in [0.3, 0.4) is 0 Å². The summed E-state index contributed by atoms with van der Waals surface area (Å²) in [7, 11) is -3.82. The van der Waals surface area contributed by atoms with Gasteiger partial charge in [0, 0.05) is 23.3 Å². The molecule has 0 fully saturated rings. The summed E-state index contributed by atoms with van der Waals surface area (Å²) >= 11 is 0. The zero-order chi connectivity index (χ0) is 19.5. The molecule has 4 N–H and O–H groups in total. The fraction of sp³-hybridized carbons (Fsp3) is 0.316. The van der Waals surface area contributed by atoms with Gasteiger partial charge in [0.15, 0.2) is 0 Å². The summed E-state index contributed by atoms with van der Waals surface area (Å²) in [5.41, 5.74) is 7.29. The van der Waals surface area contributed by atoms with E-state index in [0.29, 0.717) is 11.3 Å². The molecule has 0 unspecified atom stereocenters. The molecule has 0 spiro atoms. The van der Waals surface area contributed by atoms with Gasteiger partial charge in [-0.3, -0.25) is 9.52 Å². The summed E-state index contributed by atoms with van der Waals surface area (Å²) in [4.78, 5) is 12.5. The van der Waals surface area contributed by atoms with E-state index < -0.39 is 15.6 Å². The molecule has 7 heteroatoms. The summed E-state index contributed by atoms with van der Waals surface area (Å²) < 4.78 is 28.1. The number of aryl methyl sites for hydroxylation is 2. The zero-order valence-electron chi connectivity index (χ0n) is 15.5. The Bertz CT molecular complexity index is 921. The third-order valence-electron chi connectivity index (χ3n) is 3.97. The Balaban J connectivity index is 2.35. The first-order valence-electron chi connectivity index (χ1n) is 8.27. The van der Waals surface area contributed by atoms with Gasteiger partial charge in [0.05, 0.1) is 4.90 Å². The quantitative estimate of drug-likeness (QED) is 0.722. The minimum absolute atomic E-state index is 0.0669. The number of hydrogen-bond donors (Lipinski definition) is 3. The molecule has 0 aliphatic heterocycles. The van der Waals surface area contributed by atoms with Crippen LogP contribution in [-0.2, 0) is 10.0 Å². The molecule has 0 radical (unpaired) electrons. The molecular formula is C19H25N3O3S. The zero-order valence-corrected chi connectivity index (χ0v) is 16.3. The van der Waals surface area contributed by atoms with Crippen LogP contribution in [0.1, 0.15) is 35.3 Å². The number of sulfonamides is 1. The van der Waals surface area contributed by atoms with Crippen LogP contribution in [0, 0.1) is 13.8 Å². The number of nitrogens with one attached hydrogen (secondary N) is 2. The highest BCUT2D eigenvalue weighted by Crippen LogP contribution is 2.21. The van der Waals surface area contributed by atoms with Crippen LogP contribution in [-0.4, -0.2) is 26.4 Å². The SMILES string of the molecule is Cc1cccc(NS(=O)(=O)c2cc(C(=O)NC(C)(C)CN)ccc2C)c1. The fourth-order valence-corrected chi connectivity index (χ4v) is 3.70. The van der Waals surface area contributed by atoms with Crippen molar-refractivity contribution in [3.05, 3.63) is 59.2 Å². The lowest BCUT2D eigenvalue weighted by molar-refractivity contribution is 0.0915. The lowest BCUT2D eigenvalue weighted by Gasteiger charge is -2.24. The highest BCUT2D eigenvalue weighted by molar-refractivity contribution is 7.92. The summed E-state index contributed by atoms with van der Waals surface area (Å²) in [5, 5.41) is 2.80. The van der Waals surface area contributed by atoms with E-state index in [0.717, 1.165) is 5.56 Å². The lowest BCUT2D eigenvalue weighted by Crippen LogP contribution is -2.48. The molecule has 2 aromatic carbocycles. The molecule has 2 rings (SSSR count). The standard InChI is InChI=1S/C19H25N3O3S/c1-13-6-5-7-16(10-13)22-26(24,25)17-11-15(9-8-14(17)2)18(23)21-19(3,4)12-20/h5-11,22H,12,20H2,1-4H3,(H,21,23). The maximum absolute atomic E-state index is 12.8. The van der Waals surface area contributed by atoms with Gasteiger partial charge in [0.2, 0.25) is 0 Å². The van der Waals surface area contributed by atoms with E-state index in [1.54, 1.807) is 51.1 Å². The predicted molar refractivity (Wildman–Crippen MR) is 104 cm³/mol. The third-order valence-corrected chi connectivity index (χ3v) is 5.50. The van der Waals surface area contributed by atoms with Crippen molar-refractivity contribution in [2.45, 2.75) is 38.1 Å². The maximum Gasteiger partial charge on any atom is 0.262 e. The Morgan fingerprint density at radius 3 is 2.42 bits per heavy atom. The summed E-state index contributed by atoms with van der Waals surface area (Å²) in [6.07, 6.45) is 0. The van der Waals surface area contributed by atoms with Crippen molar-refractivity contribution in [2.75, 3.05) is 11.3 Å². The summed E-state index contributed by atoms with van der Waals surface area (Å²) in [5.74, 6) is -0.368. The molecule has 140 valence electrons. The number of carbonyl (C=O) groups excluding carboxylic acids is 1. The second kappa shape index (κ2) is 7.47. The minimum atomic E-state index is -3.82. The third kappa shape index (κ3) is 4.83. The van der Waals surface area contributed by atoms with Crippen LogP contribution in [0.5, 0.6) is 0 Å². The van der Waals surface area contributed by atoms with E-state index in [-0.39, 0.29) is 22.9 Å². The molecular weight excluding hydrogens is 350 g/mol. The molecule has 0 bridgehead atoms. The number of amides is 1. The number of benzene rings is 2. The smallest absolute Gasteiger partial charge is 0.262 e. The van der Waals surface area contributed by atoms with Gasteiger partial charge in [-0.1, -0.05) is 18.2 Å². The molecule has 0 saturated heterocycles. The van der Waals surface area contributed by atoms with Crippen molar-refractivity contribution >= 4 is 21.6 Å². The topological polar surface area (TPSA) is 101 Å². The molecule has 0 atom stereocenters. The van der Waals surface area contributed by atoms with E-state index in [1.807, 2.05) is 13.0 Å². The Morgan fingerprint density at radius 2 is 1.81 bits per heavy atom. The molecule has 0 heterocycles. The van der Waals surface area contributed by atoms with Crippen molar-refractivity contribution in [1.82, 2.24) is 5.32 Å². The van der Waals surface area contributed by atoms with E-state index in [2.05, 4.69) is 10.0 Å². The molecule has 0 aliphatic rings. The van der Waals surface area contributed by atoms with E-state index >= 15 is 0 Å². The average molecular weight is 375 g/mol. The number of carbonyl (C=O) groups is 1. The second-order valence-electron chi connectivity index (χ2n) is 7.00. The van der Waals surface area contributed by atoms with Crippen LogP contribution in [0.2, 0.25) is 0 Å². The Kier molecular flexibility index (Phi) is 5.73. The Hall–Kier alpha value is -2.38. The minimum Gasteiger partial charge on any atom is -0.346 e. The van der Waals surface area contributed by atoms with Crippen molar-refractivity contribution < 1.29 is 13.2 Å². The first-order valence-corrected chi connectivity index (χ1v) is 9.75. The van der Waals surface area contributed by atoms with Gasteiger partial charge in [-0.15, -0.1) is 0 Å². The first kappa shape index (κ1) is 19.9. The highest BCUT2D eigenvalue weighted by atomic mass is 32.2. The molecule has 0 aliphatic carbocycles. The Labute approximate surface area is 154 Å². The molecule has 2 aromatic rings. The molecule has 0 aromatic heterocycles. The Morgan fingerprint density at radius 1 is 1.12 bits per heavy atom. The van der Waals surface area contributed by atoms with Gasteiger partial charge in [-0.2, -0.15) is 0 Å². The van der Waals surface area contributed by atoms with Crippen LogP contribution in [0.25, 0.3) is 0 Å². The molecule has 6 nitrogen and oxygen atoms in total. The average Bonchev–Trinajstić information content (AvgIpc) is 2.54. The van der Waals surface area contributed by atoms with Gasteiger partial charge in [0.25, 0.3) is 15.9 Å². The largest absolute Gasteiger partial charge is 0.346 e. The normalized spacial score (nSPS) is 11.9. The number of anilines is 1. The number of rotatable bonds is 6. The van der Waals surface area contributed by atoms with Gasteiger partial charge < -0.3 is 11.1 Å². The predicted octanol–water partition coefficient (Wildman–Crippen LogP) is 2.57. The van der Waals surface area contributed by atoms with Crippen LogP contribution >= 0.6 is 0 Å². The fourth-order valence-electron chi connectivity index (χ4n) is 2.38. The number of hydrogen-bond acceptors (Lipinski definition) is 4. The molecule has 26 heavy (non-hydrogen) atoms. The van der Waals surface area contributed by atoms with Crippen molar-refractivity contribution in [3.8, 4) is 0 Å². The molecule has 0 saturated carbocycles. The van der Waals surface area contributed by atoms with Crippen molar-refractivity contribution in [1.29, 1.82) is 0 Å². The van der Waals surface area contributed by atoms with Crippen LogP contribution in [0.4, 0.5) is 5.69 Å². The number of nitrogens with two attached hydrogens (primary N) is 1.